The van der Waals surface area contributed by atoms with Crippen LogP contribution in [0.3, 0.4) is 0 Å². The summed E-state index contributed by atoms with van der Waals surface area (Å²) in [6.07, 6.45) is 7.40. The van der Waals surface area contributed by atoms with Gasteiger partial charge in [0.25, 0.3) is 0 Å². The van der Waals surface area contributed by atoms with E-state index in [0.717, 1.165) is 19.3 Å². The van der Waals surface area contributed by atoms with E-state index in [9.17, 15) is 19.6 Å². The molecule has 0 aliphatic carbocycles. The molecule has 158 valence electrons. The molecule has 27 heavy (non-hydrogen) atoms. The van der Waals surface area contributed by atoms with Crippen molar-refractivity contribution in [3.8, 4) is 0 Å². The van der Waals surface area contributed by atoms with Crippen molar-refractivity contribution in [2.45, 2.75) is 78.7 Å². The fraction of sp³-hybridized carbons (Fsp3) is 0.850. The maximum atomic E-state index is 12.8. The number of hydroxylamine groups is 2. The van der Waals surface area contributed by atoms with Crippen molar-refractivity contribution in [1.82, 2.24) is 15.3 Å². The molecule has 0 aromatic heterocycles. The van der Waals surface area contributed by atoms with Gasteiger partial charge in [-0.15, -0.1) is 0 Å². The first-order valence-corrected chi connectivity index (χ1v) is 9.96. The predicted molar refractivity (Wildman–Crippen MR) is 106 cm³/mol. The third-order valence-corrected chi connectivity index (χ3v) is 4.65. The van der Waals surface area contributed by atoms with Crippen LogP contribution in [0.2, 0.25) is 0 Å². The quantitative estimate of drug-likeness (QED) is 0.221. The Labute approximate surface area is 164 Å². The van der Waals surface area contributed by atoms with Crippen LogP contribution in [0, 0.1) is 11.3 Å². The Hall–Kier alpha value is -1.63. The maximum Gasteiger partial charge on any atom is 0.245 e. The Kier molecular flexibility index (Phi) is 11.9. The van der Waals surface area contributed by atoms with Crippen LogP contribution >= 0.6 is 0 Å². The van der Waals surface area contributed by atoms with Gasteiger partial charge in [0.15, 0.2) is 0 Å². The van der Waals surface area contributed by atoms with E-state index >= 15 is 0 Å². The lowest BCUT2D eigenvalue weighted by molar-refractivity contribution is -0.155. The maximum absolute atomic E-state index is 12.8. The second kappa shape index (κ2) is 12.7. The highest BCUT2D eigenvalue weighted by atomic mass is 16.5. The molecule has 0 fully saturated rings. The first-order chi connectivity index (χ1) is 12.5. The van der Waals surface area contributed by atoms with Gasteiger partial charge in [-0.2, -0.15) is 0 Å². The van der Waals surface area contributed by atoms with Gasteiger partial charge in [0.2, 0.25) is 18.2 Å². The molecule has 0 spiro atoms. The molecule has 0 radical (unpaired) electrons. The molecule has 0 heterocycles. The van der Waals surface area contributed by atoms with Crippen molar-refractivity contribution in [1.29, 1.82) is 0 Å². The zero-order valence-electron chi connectivity index (χ0n) is 18.0. The van der Waals surface area contributed by atoms with E-state index < -0.39 is 17.4 Å². The number of hydrogen-bond acceptors (Lipinski definition) is 4. The molecule has 0 bridgehead atoms. The second-order valence-electron chi connectivity index (χ2n) is 8.52. The molecule has 0 saturated carbocycles. The van der Waals surface area contributed by atoms with Gasteiger partial charge in [-0.1, -0.05) is 66.2 Å². The molecule has 0 aromatic carbocycles. The Balaban J connectivity index is 4.97. The monoisotopic (exact) mass is 385 g/mol. The summed E-state index contributed by atoms with van der Waals surface area (Å²) in [4.78, 5) is 37.5. The highest BCUT2D eigenvalue weighted by molar-refractivity contribution is 5.89. The number of nitrogens with one attached hydrogen (secondary N) is 1. The third kappa shape index (κ3) is 10.3. The zero-order chi connectivity index (χ0) is 21.0. The number of amides is 3. The molecule has 3 amide bonds. The van der Waals surface area contributed by atoms with Crippen molar-refractivity contribution in [3.05, 3.63) is 0 Å². The normalized spacial score (nSPS) is 13.6. The summed E-state index contributed by atoms with van der Waals surface area (Å²) < 4.78 is 0. The van der Waals surface area contributed by atoms with Crippen molar-refractivity contribution < 1.29 is 19.6 Å². The molecule has 0 aromatic rings. The molecule has 7 heteroatoms. The highest BCUT2D eigenvalue weighted by Crippen LogP contribution is 2.22. The summed E-state index contributed by atoms with van der Waals surface area (Å²) in [5.41, 5.74) is -0.453. The predicted octanol–water partition coefficient (Wildman–Crippen LogP) is 2.82. The van der Waals surface area contributed by atoms with Crippen LogP contribution in [0.5, 0.6) is 0 Å². The summed E-state index contributed by atoms with van der Waals surface area (Å²) in [5.74, 6) is -1.03. The summed E-state index contributed by atoms with van der Waals surface area (Å²) in [6, 6.07) is -0.671. The van der Waals surface area contributed by atoms with Gasteiger partial charge >= 0.3 is 0 Å². The average molecular weight is 386 g/mol. The Morgan fingerprint density at radius 3 is 2.11 bits per heavy atom. The fourth-order valence-electron chi connectivity index (χ4n) is 2.91. The first-order valence-electron chi connectivity index (χ1n) is 9.96. The number of nitrogens with zero attached hydrogens (tertiary/aromatic N) is 2. The minimum absolute atomic E-state index is 0.0721. The van der Waals surface area contributed by atoms with Gasteiger partial charge in [0, 0.05) is 14.1 Å². The summed E-state index contributed by atoms with van der Waals surface area (Å²) in [5, 5.41) is 12.9. The lowest BCUT2D eigenvalue weighted by Gasteiger charge is -2.33. The summed E-state index contributed by atoms with van der Waals surface area (Å²) in [6.45, 7) is 7.77. The average Bonchev–Trinajstić information content (AvgIpc) is 2.59. The van der Waals surface area contributed by atoms with Crippen LogP contribution in [-0.4, -0.2) is 60.1 Å². The van der Waals surface area contributed by atoms with Crippen LogP contribution in [-0.2, 0) is 14.4 Å². The number of likely N-dealkylation sites (N-methyl/N-ethyl adjacent to an activating group) is 1. The van der Waals surface area contributed by atoms with Crippen molar-refractivity contribution in [2.24, 2.45) is 11.3 Å². The van der Waals surface area contributed by atoms with Gasteiger partial charge in [0.1, 0.15) is 6.04 Å². The molecule has 0 aliphatic rings. The van der Waals surface area contributed by atoms with Crippen LogP contribution in [0.15, 0.2) is 0 Å². The largest absolute Gasteiger partial charge is 0.347 e. The zero-order valence-corrected chi connectivity index (χ0v) is 18.0. The summed E-state index contributed by atoms with van der Waals surface area (Å²) >= 11 is 0. The SMILES string of the molecule is CCCCCCCC[C@@H](CN(O)C=O)C(=O)N[C@H](C(=O)N(C)C)C(C)(C)C. The molecule has 0 unspecified atom stereocenters. The van der Waals surface area contributed by atoms with Gasteiger partial charge in [-0.05, 0) is 11.8 Å². The molecule has 0 saturated heterocycles. The second-order valence-corrected chi connectivity index (χ2v) is 8.52. The highest BCUT2D eigenvalue weighted by Gasteiger charge is 2.35. The van der Waals surface area contributed by atoms with E-state index in [1.807, 2.05) is 20.8 Å². The van der Waals surface area contributed by atoms with E-state index in [0.29, 0.717) is 17.9 Å². The van der Waals surface area contributed by atoms with Crippen molar-refractivity contribution >= 4 is 18.2 Å². The van der Waals surface area contributed by atoms with Crippen LogP contribution in [0.25, 0.3) is 0 Å². The number of carbonyl (C=O) groups excluding carboxylic acids is 3. The van der Waals surface area contributed by atoms with Crippen molar-refractivity contribution in [2.75, 3.05) is 20.6 Å². The van der Waals surface area contributed by atoms with E-state index in [2.05, 4.69) is 12.2 Å². The fourth-order valence-corrected chi connectivity index (χ4v) is 2.91. The first kappa shape index (κ1) is 25.4. The molecular formula is C20H39N3O4. The smallest absolute Gasteiger partial charge is 0.245 e. The standard InChI is InChI=1S/C20H39N3O4/c1-7-8-9-10-11-12-13-16(14-23(27)15-24)18(25)21-17(20(2,3)4)19(26)22(5)6/h15-17,27H,7-14H2,1-6H3,(H,21,25)/t16-,17+/m0/s1. The van der Waals surface area contributed by atoms with Crippen molar-refractivity contribution in [3.63, 3.8) is 0 Å². The number of unbranched alkanes of at least 4 members (excludes halogenated alkanes) is 5. The van der Waals surface area contributed by atoms with Crippen LogP contribution in [0.4, 0.5) is 0 Å². The molecular weight excluding hydrogens is 346 g/mol. The van der Waals surface area contributed by atoms with E-state index in [1.54, 1.807) is 14.1 Å². The van der Waals surface area contributed by atoms with Gasteiger partial charge < -0.3 is 10.2 Å². The van der Waals surface area contributed by atoms with E-state index in [1.165, 1.54) is 24.2 Å². The van der Waals surface area contributed by atoms with Gasteiger partial charge in [-0.3, -0.25) is 19.6 Å². The van der Waals surface area contributed by atoms with E-state index in [-0.39, 0.29) is 18.4 Å². The minimum Gasteiger partial charge on any atom is -0.347 e. The molecule has 2 N–H and O–H groups in total. The molecule has 7 nitrogen and oxygen atoms in total. The third-order valence-electron chi connectivity index (χ3n) is 4.65. The molecule has 0 aliphatic heterocycles. The topological polar surface area (TPSA) is 90.0 Å². The van der Waals surface area contributed by atoms with Gasteiger partial charge in [-0.25, -0.2) is 5.06 Å². The lowest BCUT2D eigenvalue weighted by atomic mass is 9.85. The summed E-state index contributed by atoms with van der Waals surface area (Å²) in [7, 11) is 3.31. The Morgan fingerprint density at radius 2 is 1.63 bits per heavy atom. The number of rotatable bonds is 13. The van der Waals surface area contributed by atoms with E-state index in [4.69, 9.17) is 0 Å². The van der Waals surface area contributed by atoms with Crippen LogP contribution < -0.4 is 5.32 Å². The minimum atomic E-state index is -0.671. The Morgan fingerprint density at radius 1 is 1.07 bits per heavy atom. The van der Waals surface area contributed by atoms with Gasteiger partial charge in [0.05, 0.1) is 12.5 Å². The number of hydrogen-bond donors (Lipinski definition) is 2. The number of carbonyl (C=O) groups is 3. The Bertz CT molecular complexity index is 461. The lowest BCUT2D eigenvalue weighted by Crippen LogP contribution is -2.55. The molecule has 0 rings (SSSR count). The van der Waals surface area contributed by atoms with Crippen LogP contribution in [0.1, 0.15) is 72.6 Å². The molecule has 2 atom stereocenters.